The fourth-order valence-corrected chi connectivity index (χ4v) is 6.34. The lowest BCUT2D eigenvalue weighted by molar-refractivity contribution is -0.131. The van der Waals surface area contributed by atoms with Crippen molar-refractivity contribution in [2.24, 2.45) is 0 Å². The van der Waals surface area contributed by atoms with Crippen molar-refractivity contribution in [3.63, 3.8) is 0 Å². The Labute approximate surface area is 250 Å². The van der Waals surface area contributed by atoms with Gasteiger partial charge in [-0.3, -0.25) is 9.69 Å². The summed E-state index contributed by atoms with van der Waals surface area (Å²) in [7, 11) is 0. The molecule has 1 saturated heterocycles. The predicted octanol–water partition coefficient (Wildman–Crippen LogP) is 7.35. The first-order chi connectivity index (χ1) is 20.5. The number of aryl methyl sites for hydroxylation is 1. The fraction of sp³-hybridized carbons (Fsp3) is 0.200. The third-order valence-corrected chi connectivity index (χ3v) is 8.93. The summed E-state index contributed by atoms with van der Waals surface area (Å²) in [6.45, 7) is 6.55. The molecule has 0 bridgehead atoms. The van der Waals surface area contributed by atoms with Gasteiger partial charge in [0.25, 0.3) is 0 Å². The minimum absolute atomic E-state index is 0.131. The molecule has 1 aromatic heterocycles. The van der Waals surface area contributed by atoms with E-state index in [9.17, 15) is 9.18 Å². The maximum Gasteiger partial charge on any atom is 0.241 e. The smallest absolute Gasteiger partial charge is 0.241 e. The zero-order chi connectivity index (χ0) is 28.9. The van der Waals surface area contributed by atoms with E-state index in [2.05, 4.69) is 58.7 Å². The summed E-state index contributed by atoms with van der Waals surface area (Å²) in [5, 5.41) is 4.26. The lowest BCUT2D eigenvalue weighted by Gasteiger charge is -2.34. The molecule has 0 aliphatic carbocycles. The topological polar surface area (TPSA) is 48.5 Å². The summed E-state index contributed by atoms with van der Waals surface area (Å²) in [6.07, 6.45) is 0. The molecule has 0 spiro atoms. The Balaban J connectivity index is 1.02. The number of hydrogen-bond acceptors (Lipinski definition) is 5. The minimum atomic E-state index is -0.234. The second kappa shape index (κ2) is 12.7. The van der Waals surface area contributed by atoms with Crippen LogP contribution in [0.1, 0.15) is 11.3 Å². The van der Waals surface area contributed by atoms with Crippen LogP contribution >= 0.6 is 11.3 Å². The highest BCUT2D eigenvalue weighted by molar-refractivity contribution is 7.18. The molecule has 2 heterocycles. The summed E-state index contributed by atoms with van der Waals surface area (Å²) in [6, 6.07) is 33.5. The fourth-order valence-electron chi connectivity index (χ4n) is 5.26. The maximum absolute atomic E-state index is 13.3. The third-order valence-electron chi connectivity index (χ3n) is 7.67. The van der Waals surface area contributed by atoms with Gasteiger partial charge in [-0.05, 0) is 53.4 Å². The molecule has 1 aliphatic heterocycles. The van der Waals surface area contributed by atoms with Crippen LogP contribution in [0, 0.1) is 12.7 Å². The monoisotopic (exact) mass is 576 g/mol. The summed E-state index contributed by atoms with van der Waals surface area (Å²) < 4.78 is 13.3. The van der Waals surface area contributed by atoms with Crippen molar-refractivity contribution < 1.29 is 9.18 Å². The van der Waals surface area contributed by atoms with Crippen molar-refractivity contribution in [1.82, 2.24) is 14.8 Å². The number of anilines is 1. The molecule has 4 aromatic carbocycles. The molecule has 42 heavy (non-hydrogen) atoms. The molecule has 1 aliphatic rings. The molecule has 5 nitrogen and oxygen atoms in total. The summed E-state index contributed by atoms with van der Waals surface area (Å²) in [4.78, 5) is 23.2. The van der Waals surface area contributed by atoms with Gasteiger partial charge in [-0.2, -0.15) is 0 Å². The zero-order valence-electron chi connectivity index (χ0n) is 23.6. The number of piperazine rings is 1. The number of carbonyl (C=O) groups excluding carboxylic acids is 1. The quantitative estimate of drug-likeness (QED) is 0.210. The van der Waals surface area contributed by atoms with Crippen molar-refractivity contribution in [2.45, 2.75) is 13.5 Å². The van der Waals surface area contributed by atoms with E-state index in [0.29, 0.717) is 0 Å². The lowest BCUT2D eigenvalue weighted by atomic mass is 10.0. The van der Waals surface area contributed by atoms with Gasteiger partial charge < -0.3 is 10.2 Å². The van der Waals surface area contributed by atoms with Crippen LogP contribution in [0.25, 0.3) is 32.1 Å². The molecule has 0 radical (unpaired) electrons. The Morgan fingerprint density at radius 2 is 1.38 bits per heavy atom. The number of rotatable bonds is 8. The molecule has 7 heteroatoms. The normalized spacial score (nSPS) is 13.7. The number of hydrogen-bond donors (Lipinski definition) is 1. The number of benzene rings is 4. The van der Waals surface area contributed by atoms with Crippen LogP contribution in [0.15, 0.2) is 103 Å². The van der Waals surface area contributed by atoms with E-state index in [1.54, 1.807) is 23.5 Å². The van der Waals surface area contributed by atoms with Crippen LogP contribution in [-0.2, 0) is 11.3 Å². The van der Waals surface area contributed by atoms with Crippen molar-refractivity contribution >= 4 is 22.9 Å². The zero-order valence-corrected chi connectivity index (χ0v) is 24.4. The number of carbonyl (C=O) groups is 1. The Morgan fingerprint density at radius 3 is 2.05 bits per heavy atom. The maximum atomic E-state index is 13.3. The highest BCUT2D eigenvalue weighted by atomic mass is 32.1. The molecule has 1 amide bonds. The number of halogens is 1. The second-order valence-electron chi connectivity index (χ2n) is 10.6. The van der Waals surface area contributed by atoms with Gasteiger partial charge in [0.1, 0.15) is 10.8 Å². The van der Waals surface area contributed by atoms with Crippen molar-refractivity contribution in [3.8, 4) is 32.1 Å². The van der Waals surface area contributed by atoms with Gasteiger partial charge in [-0.25, -0.2) is 9.37 Å². The van der Waals surface area contributed by atoms with Gasteiger partial charge in [0.15, 0.2) is 0 Å². The Kier molecular flexibility index (Phi) is 8.40. The average Bonchev–Trinajstić information content (AvgIpc) is 3.43. The Bertz CT molecular complexity index is 1630. The number of nitrogens with zero attached hydrogens (tertiary/aromatic N) is 3. The molecule has 1 N–H and O–H groups in total. The van der Waals surface area contributed by atoms with Crippen molar-refractivity contribution in [1.29, 1.82) is 0 Å². The van der Waals surface area contributed by atoms with Gasteiger partial charge >= 0.3 is 0 Å². The van der Waals surface area contributed by atoms with Gasteiger partial charge in [-0.15, -0.1) is 11.3 Å². The SMILES string of the molecule is Cc1nc(-c2ccc(-c3ccc(F)cc3)cc2)sc1-c1ccc(NCC(=O)N2CCN(Cc3ccccc3)CC2)cc1. The molecular weight excluding hydrogens is 543 g/mol. The van der Waals surface area contributed by atoms with Gasteiger partial charge in [0, 0.05) is 44.0 Å². The molecule has 0 unspecified atom stereocenters. The molecule has 6 rings (SSSR count). The predicted molar refractivity (Wildman–Crippen MR) is 170 cm³/mol. The molecular formula is C35H33FN4OS. The summed E-state index contributed by atoms with van der Waals surface area (Å²) in [5.41, 5.74) is 7.40. The summed E-state index contributed by atoms with van der Waals surface area (Å²) in [5.74, 6) is -0.103. The van der Waals surface area contributed by atoms with Crippen LogP contribution in [0.3, 0.4) is 0 Å². The first-order valence-corrected chi connectivity index (χ1v) is 15.1. The largest absolute Gasteiger partial charge is 0.376 e. The molecule has 0 saturated carbocycles. The first kappa shape index (κ1) is 27.8. The van der Waals surface area contributed by atoms with E-state index >= 15 is 0 Å². The van der Waals surface area contributed by atoms with Gasteiger partial charge in [0.2, 0.25) is 5.91 Å². The van der Waals surface area contributed by atoms with Crippen molar-refractivity contribution in [3.05, 3.63) is 120 Å². The lowest BCUT2D eigenvalue weighted by Crippen LogP contribution is -2.49. The number of aromatic nitrogens is 1. The van der Waals surface area contributed by atoms with Gasteiger partial charge in [0.05, 0.1) is 17.1 Å². The molecule has 212 valence electrons. The van der Waals surface area contributed by atoms with E-state index < -0.39 is 0 Å². The van der Waals surface area contributed by atoms with Crippen LogP contribution in [0.4, 0.5) is 10.1 Å². The highest BCUT2D eigenvalue weighted by Crippen LogP contribution is 2.36. The molecule has 1 fully saturated rings. The number of nitrogens with one attached hydrogen (secondary N) is 1. The number of amides is 1. The average molecular weight is 577 g/mol. The van der Waals surface area contributed by atoms with E-state index in [4.69, 9.17) is 4.98 Å². The number of thiazole rings is 1. The van der Waals surface area contributed by atoms with Crippen LogP contribution in [0.5, 0.6) is 0 Å². The molecule has 5 aromatic rings. The molecule has 0 atom stereocenters. The first-order valence-electron chi connectivity index (χ1n) is 14.2. The van der Waals surface area contributed by atoms with E-state index in [-0.39, 0.29) is 18.3 Å². The van der Waals surface area contributed by atoms with Crippen LogP contribution < -0.4 is 5.32 Å². The van der Waals surface area contributed by atoms with E-state index in [1.807, 2.05) is 42.2 Å². The Hall–Kier alpha value is -4.33. The van der Waals surface area contributed by atoms with Crippen LogP contribution in [0.2, 0.25) is 0 Å². The van der Waals surface area contributed by atoms with E-state index in [1.165, 1.54) is 17.7 Å². The van der Waals surface area contributed by atoms with Crippen LogP contribution in [-0.4, -0.2) is 53.4 Å². The minimum Gasteiger partial charge on any atom is -0.376 e. The van der Waals surface area contributed by atoms with Gasteiger partial charge in [-0.1, -0.05) is 78.9 Å². The summed E-state index contributed by atoms with van der Waals surface area (Å²) >= 11 is 1.67. The second-order valence-corrected chi connectivity index (χ2v) is 11.6. The Morgan fingerprint density at radius 1 is 0.786 bits per heavy atom. The highest BCUT2D eigenvalue weighted by Gasteiger charge is 2.21. The van der Waals surface area contributed by atoms with Crippen molar-refractivity contribution in [2.75, 3.05) is 38.0 Å². The van der Waals surface area contributed by atoms with E-state index in [0.717, 1.165) is 76.2 Å². The standard InChI is InChI=1S/C35H33FN4OS/c1-25-34(42-35(38-25)30-9-7-27(8-10-30)28-11-15-31(36)16-12-28)29-13-17-32(18-14-29)37-23-33(41)40-21-19-39(20-22-40)24-26-5-3-2-4-6-26/h2-18,37H,19-24H2,1H3. The third kappa shape index (κ3) is 6.59.